The zero-order valence-corrected chi connectivity index (χ0v) is 12.6. The van der Waals surface area contributed by atoms with Crippen LogP contribution in [0.25, 0.3) is 0 Å². The molecule has 0 saturated heterocycles. The average molecular weight is 283 g/mol. The first-order valence-corrected chi connectivity index (χ1v) is 7.47. The van der Waals surface area contributed by atoms with Crippen LogP contribution < -0.4 is 4.74 Å². The third kappa shape index (κ3) is 4.15. The van der Waals surface area contributed by atoms with E-state index in [0.717, 1.165) is 37.7 Å². The number of hydrogen-bond donors (Lipinski definition) is 0. The van der Waals surface area contributed by atoms with Crippen LogP contribution in [0.4, 0.5) is 0 Å². The monoisotopic (exact) mass is 283 g/mol. The van der Waals surface area contributed by atoms with Crippen LogP contribution in [-0.2, 0) is 12.8 Å². The Bertz CT molecular complexity index is 591. The number of aromatic nitrogens is 1. The predicted octanol–water partition coefficient (Wildman–Crippen LogP) is 4.59. The second-order valence-electron chi connectivity index (χ2n) is 5.08. The Balaban J connectivity index is 2.18. The maximum Gasteiger partial charge on any atom is 0.219 e. The van der Waals surface area contributed by atoms with Gasteiger partial charge in [0.05, 0.1) is 0 Å². The molecule has 0 aliphatic heterocycles. The zero-order chi connectivity index (χ0) is 15.1. The van der Waals surface area contributed by atoms with E-state index < -0.39 is 0 Å². The van der Waals surface area contributed by atoms with E-state index >= 15 is 0 Å². The quantitative estimate of drug-likeness (QED) is 0.697. The van der Waals surface area contributed by atoms with Crippen LogP contribution >= 0.6 is 0 Å². The number of aldehydes is 1. The van der Waals surface area contributed by atoms with Crippen molar-refractivity contribution >= 4 is 6.29 Å². The van der Waals surface area contributed by atoms with Gasteiger partial charge >= 0.3 is 0 Å². The highest BCUT2D eigenvalue weighted by atomic mass is 16.5. The molecule has 0 saturated carbocycles. The first-order valence-electron chi connectivity index (χ1n) is 7.47. The first-order chi connectivity index (χ1) is 10.3. The minimum Gasteiger partial charge on any atom is -0.439 e. The van der Waals surface area contributed by atoms with Gasteiger partial charge in [-0.05, 0) is 42.2 Å². The highest BCUT2D eigenvalue weighted by Crippen LogP contribution is 2.24. The van der Waals surface area contributed by atoms with E-state index in [1.165, 1.54) is 17.3 Å². The average Bonchev–Trinajstić information content (AvgIpc) is 2.51. The van der Waals surface area contributed by atoms with E-state index in [4.69, 9.17) is 4.74 Å². The van der Waals surface area contributed by atoms with Crippen molar-refractivity contribution in [3.8, 4) is 11.6 Å². The number of pyridine rings is 1. The van der Waals surface area contributed by atoms with E-state index in [-0.39, 0.29) is 0 Å². The van der Waals surface area contributed by atoms with Gasteiger partial charge in [0.2, 0.25) is 5.88 Å². The number of benzene rings is 1. The normalized spacial score (nSPS) is 10.4. The molecule has 2 rings (SSSR count). The molecule has 1 heterocycles. The third-order valence-corrected chi connectivity index (χ3v) is 3.33. The Kier molecular flexibility index (Phi) is 5.50. The van der Waals surface area contributed by atoms with Gasteiger partial charge in [0.25, 0.3) is 0 Å². The van der Waals surface area contributed by atoms with Crippen LogP contribution in [0, 0.1) is 0 Å². The Labute approximate surface area is 126 Å². The summed E-state index contributed by atoms with van der Waals surface area (Å²) in [6.45, 7) is 4.38. The van der Waals surface area contributed by atoms with Gasteiger partial charge in [-0.15, -0.1) is 0 Å². The smallest absolute Gasteiger partial charge is 0.219 e. The number of aryl methyl sites for hydroxylation is 2. The fourth-order valence-corrected chi connectivity index (χ4v) is 2.32. The van der Waals surface area contributed by atoms with Gasteiger partial charge in [0.15, 0.2) is 6.29 Å². The number of rotatable bonds is 7. The lowest BCUT2D eigenvalue weighted by Gasteiger charge is -2.11. The molecular weight excluding hydrogens is 262 g/mol. The second kappa shape index (κ2) is 7.58. The number of hydrogen-bond acceptors (Lipinski definition) is 3. The molecule has 2 aromatic rings. The van der Waals surface area contributed by atoms with Crippen molar-refractivity contribution in [3.63, 3.8) is 0 Å². The summed E-state index contributed by atoms with van der Waals surface area (Å²) < 4.78 is 5.77. The minimum absolute atomic E-state index is 0.506. The fourth-order valence-electron chi connectivity index (χ4n) is 2.32. The molecule has 110 valence electrons. The molecule has 3 heteroatoms. The number of carbonyl (C=O) groups is 1. The van der Waals surface area contributed by atoms with Crippen molar-refractivity contribution in [1.29, 1.82) is 0 Å². The van der Waals surface area contributed by atoms with Crippen molar-refractivity contribution in [2.24, 2.45) is 0 Å². The number of nitrogens with zero attached hydrogens (tertiary/aromatic N) is 1. The summed E-state index contributed by atoms with van der Waals surface area (Å²) in [7, 11) is 0. The molecule has 0 spiro atoms. The summed E-state index contributed by atoms with van der Waals surface area (Å²) in [6, 6.07) is 9.64. The van der Waals surface area contributed by atoms with E-state index in [2.05, 4.69) is 31.0 Å². The summed E-state index contributed by atoms with van der Waals surface area (Å²) in [5.41, 5.74) is 3.30. The van der Waals surface area contributed by atoms with Gasteiger partial charge in [0, 0.05) is 17.8 Å². The molecule has 0 bridgehead atoms. The summed E-state index contributed by atoms with van der Waals surface area (Å²) in [5, 5.41) is 0. The fraction of sp³-hybridized carbons (Fsp3) is 0.333. The highest BCUT2D eigenvalue weighted by molar-refractivity contribution is 5.74. The molecule has 0 amide bonds. The van der Waals surface area contributed by atoms with E-state index in [1.807, 2.05) is 6.07 Å². The Morgan fingerprint density at radius 2 is 1.81 bits per heavy atom. The van der Waals surface area contributed by atoms with Crippen molar-refractivity contribution in [1.82, 2.24) is 4.98 Å². The Morgan fingerprint density at radius 1 is 1.05 bits per heavy atom. The molecule has 1 aromatic carbocycles. The largest absolute Gasteiger partial charge is 0.439 e. The zero-order valence-electron chi connectivity index (χ0n) is 12.6. The molecule has 21 heavy (non-hydrogen) atoms. The molecule has 0 aliphatic rings. The second-order valence-corrected chi connectivity index (χ2v) is 5.08. The lowest BCUT2D eigenvalue weighted by molar-refractivity contribution is 0.112. The Hall–Kier alpha value is -2.16. The summed E-state index contributed by atoms with van der Waals surface area (Å²) >= 11 is 0. The SMILES string of the molecule is CCCc1ccc(Oc2ccc(C=O)cn2)cc1CCC. The van der Waals surface area contributed by atoms with E-state index in [9.17, 15) is 4.79 Å². The van der Waals surface area contributed by atoms with E-state index in [0.29, 0.717) is 11.4 Å². The van der Waals surface area contributed by atoms with Gasteiger partial charge in [-0.1, -0.05) is 32.8 Å². The first kappa shape index (κ1) is 15.2. The standard InChI is InChI=1S/C18H21NO2/c1-3-5-15-8-9-17(11-16(15)6-4-2)21-18-10-7-14(13-20)12-19-18/h7-13H,3-6H2,1-2H3. The maximum atomic E-state index is 10.6. The summed E-state index contributed by atoms with van der Waals surface area (Å²) in [4.78, 5) is 14.7. The summed E-state index contributed by atoms with van der Waals surface area (Å²) in [5.74, 6) is 1.30. The van der Waals surface area contributed by atoms with Crippen LogP contribution in [-0.4, -0.2) is 11.3 Å². The summed E-state index contributed by atoms with van der Waals surface area (Å²) in [6.07, 6.45) is 6.71. The van der Waals surface area contributed by atoms with Crippen molar-refractivity contribution in [2.45, 2.75) is 39.5 Å². The molecule has 3 nitrogen and oxygen atoms in total. The van der Waals surface area contributed by atoms with Gasteiger partial charge in [-0.2, -0.15) is 0 Å². The molecule has 0 atom stereocenters. The maximum absolute atomic E-state index is 10.6. The van der Waals surface area contributed by atoms with E-state index in [1.54, 1.807) is 12.1 Å². The molecular formula is C18H21NO2. The van der Waals surface area contributed by atoms with Crippen LogP contribution in [0.2, 0.25) is 0 Å². The van der Waals surface area contributed by atoms with Crippen LogP contribution in [0.1, 0.15) is 48.2 Å². The molecule has 0 unspecified atom stereocenters. The number of carbonyl (C=O) groups excluding carboxylic acids is 1. The molecule has 0 N–H and O–H groups in total. The third-order valence-electron chi connectivity index (χ3n) is 3.33. The van der Waals surface area contributed by atoms with Crippen LogP contribution in [0.15, 0.2) is 36.5 Å². The Morgan fingerprint density at radius 3 is 2.43 bits per heavy atom. The minimum atomic E-state index is 0.506. The predicted molar refractivity (Wildman–Crippen MR) is 84.1 cm³/mol. The van der Waals surface area contributed by atoms with Crippen LogP contribution in [0.5, 0.6) is 11.6 Å². The lowest BCUT2D eigenvalue weighted by atomic mass is 9.99. The number of ether oxygens (including phenoxy) is 1. The van der Waals surface area contributed by atoms with Gasteiger partial charge < -0.3 is 4.74 Å². The molecule has 0 fully saturated rings. The highest BCUT2D eigenvalue weighted by Gasteiger charge is 2.05. The van der Waals surface area contributed by atoms with Crippen molar-refractivity contribution in [3.05, 3.63) is 53.2 Å². The van der Waals surface area contributed by atoms with Crippen molar-refractivity contribution in [2.75, 3.05) is 0 Å². The molecule has 0 radical (unpaired) electrons. The van der Waals surface area contributed by atoms with Crippen molar-refractivity contribution < 1.29 is 9.53 Å². The topological polar surface area (TPSA) is 39.2 Å². The van der Waals surface area contributed by atoms with Gasteiger partial charge in [0.1, 0.15) is 5.75 Å². The van der Waals surface area contributed by atoms with Gasteiger partial charge in [-0.3, -0.25) is 4.79 Å². The van der Waals surface area contributed by atoms with Gasteiger partial charge in [-0.25, -0.2) is 4.98 Å². The molecule has 0 aliphatic carbocycles. The van der Waals surface area contributed by atoms with Crippen LogP contribution in [0.3, 0.4) is 0 Å². The lowest BCUT2D eigenvalue weighted by Crippen LogP contribution is -1.96. The molecule has 1 aromatic heterocycles.